The number of amides is 2. The molecule has 0 saturated carbocycles. The second-order valence-corrected chi connectivity index (χ2v) is 12.3. The molecule has 2 aromatic heterocycles. The van der Waals surface area contributed by atoms with Crippen LogP contribution in [0, 0.1) is 11.7 Å². The van der Waals surface area contributed by atoms with Crippen LogP contribution in [0.3, 0.4) is 0 Å². The summed E-state index contributed by atoms with van der Waals surface area (Å²) in [6.45, 7) is 1.95. The first-order valence-electron chi connectivity index (χ1n) is 12.2. The van der Waals surface area contributed by atoms with E-state index < -0.39 is 27.0 Å². The number of nitrogens with zero attached hydrogens (tertiary/aromatic N) is 2. The molecule has 11 heteroatoms. The quantitative estimate of drug-likeness (QED) is 0.174. The third-order valence-electron chi connectivity index (χ3n) is 7.02. The van der Waals surface area contributed by atoms with Gasteiger partial charge in [-0.1, -0.05) is 0 Å². The van der Waals surface area contributed by atoms with Crippen molar-refractivity contribution in [1.29, 1.82) is 0 Å². The van der Waals surface area contributed by atoms with Gasteiger partial charge >= 0.3 is 224 Å². The maximum atomic E-state index is 14.5. The Kier molecular flexibility index (Phi) is 6.39. The molecule has 2 amide bonds. The number of fused-ring (bicyclic) bond motifs is 4. The zero-order chi connectivity index (χ0) is 25.5. The van der Waals surface area contributed by atoms with Crippen molar-refractivity contribution in [1.82, 2.24) is 20.2 Å². The Bertz CT molecular complexity index is 1370. The van der Waals surface area contributed by atoms with E-state index in [0.29, 0.717) is 60.4 Å². The van der Waals surface area contributed by atoms with Gasteiger partial charge in [-0.3, -0.25) is 0 Å². The van der Waals surface area contributed by atoms with Gasteiger partial charge < -0.3 is 0 Å². The molecular formula is C26H26FIN5O4-. The average molecular weight is 618 g/mol. The molecule has 37 heavy (non-hydrogen) atoms. The Morgan fingerprint density at radius 3 is 2.89 bits per heavy atom. The van der Waals surface area contributed by atoms with Gasteiger partial charge in [0.2, 0.25) is 0 Å². The Balaban J connectivity index is 1.49. The van der Waals surface area contributed by atoms with E-state index in [4.69, 9.17) is 9.47 Å². The van der Waals surface area contributed by atoms with Crippen LogP contribution in [0.4, 0.5) is 20.6 Å². The van der Waals surface area contributed by atoms with Crippen molar-refractivity contribution < 1.29 is 44.7 Å². The first-order valence-corrected chi connectivity index (χ1v) is 14.5. The molecule has 3 N–H and O–H groups in total. The summed E-state index contributed by atoms with van der Waals surface area (Å²) in [5, 5.41) is 6.32. The molecule has 0 aliphatic carbocycles. The number of aromatic amines is 1. The van der Waals surface area contributed by atoms with Crippen LogP contribution < -0.4 is 41.3 Å². The molecule has 6 heterocycles. The van der Waals surface area contributed by atoms with Crippen molar-refractivity contribution in [2.75, 3.05) is 32.1 Å². The zero-order valence-electron chi connectivity index (χ0n) is 20.1. The van der Waals surface area contributed by atoms with Gasteiger partial charge in [-0.05, 0) is 0 Å². The van der Waals surface area contributed by atoms with Gasteiger partial charge in [0.1, 0.15) is 0 Å². The summed E-state index contributed by atoms with van der Waals surface area (Å²) in [6.07, 6.45) is 5.61. The van der Waals surface area contributed by atoms with Crippen molar-refractivity contribution in [3.63, 3.8) is 0 Å². The summed E-state index contributed by atoms with van der Waals surface area (Å²) >= 11 is -0.957. The summed E-state index contributed by atoms with van der Waals surface area (Å²) in [6, 6.07) is 6.43. The fourth-order valence-electron chi connectivity index (χ4n) is 5.11. The van der Waals surface area contributed by atoms with Crippen LogP contribution >= 0.6 is 0 Å². The third-order valence-corrected chi connectivity index (χ3v) is 9.74. The SMILES string of the molecule is COc1c(F)cccc1Nc1c2[nH]c3c1C(=O)NC(C3)[I-]C(=O)N1CCC(CC1)COc1cnccc1-2. The molecule has 0 spiro atoms. The molecule has 0 radical (unpaired) electrons. The number of halogens is 2. The van der Waals surface area contributed by atoms with E-state index in [-0.39, 0.29) is 19.6 Å². The molecule has 5 bridgehead atoms. The predicted molar refractivity (Wildman–Crippen MR) is 130 cm³/mol. The van der Waals surface area contributed by atoms with E-state index in [1.54, 1.807) is 24.5 Å². The van der Waals surface area contributed by atoms with E-state index in [2.05, 4.69) is 20.6 Å². The summed E-state index contributed by atoms with van der Waals surface area (Å²) < 4.78 is 26.0. The molecule has 3 aromatic rings. The third kappa shape index (κ3) is 4.49. The monoisotopic (exact) mass is 618 g/mol. The summed E-state index contributed by atoms with van der Waals surface area (Å²) in [4.78, 5) is 36.2. The van der Waals surface area contributed by atoms with Crippen molar-refractivity contribution in [2.45, 2.75) is 23.3 Å². The van der Waals surface area contributed by atoms with Crippen molar-refractivity contribution in [3.05, 3.63) is 53.7 Å². The van der Waals surface area contributed by atoms with Gasteiger partial charge in [-0.25, -0.2) is 0 Å². The van der Waals surface area contributed by atoms with E-state index in [9.17, 15) is 14.0 Å². The molecule has 4 aliphatic rings. The van der Waals surface area contributed by atoms with Crippen LogP contribution in [0.2, 0.25) is 0 Å². The van der Waals surface area contributed by atoms with E-state index in [1.165, 1.54) is 13.2 Å². The number of para-hydroxylation sites is 1. The fourth-order valence-corrected chi connectivity index (χ4v) is 7.73. The molecule has 1 fully saturated rings. The molecule has 9 nitrogen and oxygen atoms in total. The Labute approximate surface area is 223 Å². The van der Waals surface area contributed by atoms with Crippen LogP contribution in [0.5, 0.6) is 11.5 Å². The number of rotatable bonds is 3. The number of hydrogen-bond acceptors (Lipinski definition) is 6. The van der Waals surface area contributed by atoms with Gasteiger partial charge in [0.25, 0.3) is 0 Å². The molecular weight excluding hydrogens is 592 g/mol. The number of carbonyl (C=O) groups is 2. The van der Waals surface area contributed by atoms with Crippen LogP contribution in [0.1, 0.15) is 28.9 Å². The molecule has 1 saturated heterocycles. The molecule has 4 aliphatic heterocycles. The number of nitrogens with one attached hydrogen (secondary N) is 3. The first-order chi connectivity index (χ1) is 18.0. The van der Waals surface area contributed by atoms with Crippen LogP contribution in [0.15, 0.2) is 36.7 Å². The molecule has 1 aromatic carbocycles. The molecule has 1 unspecified atom stereocenters. The number of aromatic nitrogens is 2. The van der Waals surface area contributed by atoms with E-state index in [0.717, 1.165) is 24.1 Å². The average Bonchev–Trinajstić information content (AvgIpc) is 3.25. The Hall–Kier alpha value is -3.35. The summed E-state index contributed by atoms with van der Waals surface area (Å²) in [5.74, 6) is 0.188. The molecule has 7 rings (SSSR count). The second kappa shape index (κ2) is 9.84. The number of hydrogen-bond donors (Lipinski definition) is 3. The van der Waals surface area contributed by atoms with Crippen LogP contribution in [0.25, 0.3) is 11.3 Å². The van der Waals surface area contributed by atoms with Crippen molar-refractivity contribution in [3.8, 4) is 22.8 Å². The van der Waals surface area contributed by atoms with Crippen molar-refractivity contribution in [2.24, 2.45) is 5.92 Å². The number of anilines is 2. The normalized spacial score (nSPS) is 21.2. The maximum absolute atomic E-state index is 14.5. The summed E-state index contributed by atoms with van der Waals surface area (Å²) in [7, 11) is 1.40. The number of carbonyl (C=O) groups excluding carboxylic acids is 2. The predicted octanol–water partition coefficient (Wildman–Crippen LogP) is 0.893. The van der Waals surface area contributed by atoms with Crippen LogP contribution in [-0.2, 0) is 6.42 Å². The van der Waals surface area contributed by atoms with E-state index >= 15 is 0 Å². The Morgan fingerprint density at radius 2 is 2.08 bits per heavy atom. The number of benzene rings is 1. The number of H-pyrrole nitrogens is 1. The Morgan fingerprint density at radius 1 is 1.24 bits per heavy atom. The van der Waals surface area contributed by atoms with Gasteiger partial charge in [-0.2, -0.15) is 0 Å². The minimum atomic E-state index is -0.957. The van der Waals surface area contributed by atoms with E-state index in [1.807, 2.05) is 11.0 Å². The number of pyridine rings is 1. The standard InChI is InChI=1S/C26H26FIN5O4/c1-36-24-16(27)3-2-4-17(24)30-23-21-18-11-20(32-25(21)34)28-26(35)33-9-6-14(7-10-33)13-37-19-12-29-8-5-15(19)22(23)31-18/h2-5,8,12,14,20,30-31H,6-7,9-11,13H2,1H3,(H,32,34)/q-1. The van der Waals surface area contributed by atoms with Crippen LogP contribution in [-0.4, -0.2) is 55.5 Å². The number of methoxy groups -OCH3 is 1. The number of alkyl halides is 1. The van der Waals surface area contributed by atoms with Gasteiger partial charge in [-0.15, -0.1) is 0 Å². The van der Waals surface area contributed by atoms with Gasteiger partial charge in [0.15, 0.2) is 0 Å². The molecule has 194 valence electrons. The first kappa shape index (κ1) is 24.0. The topological polar surface area (TPSA) is 109 Å². The molecule has 1 atom stereocenters. The van der Waals surface area contributed by atoms with Gasteiger partial charge in [0.05, 0.1) is 0 Å². The number of piperidine rings is 1. The van der Waals surface area contributed by atoms with Gasteiger partial charge in [0, 0.05) is 0 Å². The van der Waals surface area contributed by atoms with Crippen molar-refractivity contribution >= 4 is 21.2 Å². The zero-order valence-corrected chi connectivity index (χ0v) is 22.3. The number of ether oxygens (including phenoxy) is 2. The minimum absolute atomic E-state index is 0.0485. The fraction of sp³-hybridized carbons (Fsp3) is 0.346. The summed E-state index contributed by atoms with van der Waals surface area (Å²) in [5.41, 5.74) is 3.42. The second-order valence-electron chi connectivity index (χ2n) is 9.29.